The van der Waals surface area contributed by atoms with Gasteiger partial charge in [0.05, 0.1) is 21.3 Å². The summed E-state index contributed by atoms with van der Waals surface area (Å²) in [5.41, 5.74) is 9.99. The molecule has 0 bridgehead atoms. The summed E-state index contributed by atoms with van der Waals surface area (Å²) in [5, 5.41) is 2.83. The monoisotopic (exact) mass is 446 g/mol. The molecule has 2 amide bonds. The lowest BCUT2D eigenvalue weighted by Gasteiger charge is -2.14. The van der Waals surface area contributed by atoms with Gasteiger partial charge in [-0.2, -0.15) is 0 Å². The molecule has 0 aliphatic carbocycles. The van der Waals surface area contributed by atoms with Crippen LogP contribution < -0.4 is 25.3 Å². The van der Waals surface area contributed by atoms with E-state index in [1.807, 2.05) is 25.1 Å². The quantitative estimate of drug-likeness (QED) is 0.499. The number of hydrogen-bond acceptors (Lipinski definition) is 5. The van der Waals surface area contributed by atoms with Crippen LogP contribution in [0, 0.1) is 6.92 Å². The molecular formula is C26H26N2O5. The summed E-state index contributed by atoms with van der Waals surface area (Å²) < 4.78 is 16.1. The number of methoxy groups -OCH3 is 3. The number of nitrogens with one attached hydrogen (secondary N) is 1. The van der Waals surface area contributed by atoms with Crippen LogP contribution in [0.4, 0.5) is 5.69 Å². The van der Waals surface area contributed by atoms with Gasteiger partial charge >= 0.3 is 0 Å². The first-order valence-corrected chi connectivity index (χ1v) is 10.2. The van der Waals surface area contributed by atoms with Crippen molar-refractivity contribution < 1.29 is 23.8 Å². The second kappa shape index (κ2) is 10.4. The molecule has 0 heterocycles. The van der Waals surface area contributed by atoms with Gasteiger partial charge in [-0.05, 0) is 66.1 Å². The van der Waals surface area contributed by atoms with Crippen LogP contribution in [-0.4, -0.2) is 33.1 Å². The number of nitrogens with two attached hydrogens (primary N) is 1. The summed E-state index contributed by atoms with van der Waals surface area (Å²) in [6.07, 6.45) is 3.06. The van der Waals surface area contributed by atoms with E-state index in [9.17, 15) is 9.59 Å². The topological polar surface area (TPSA) is 99.9 Å². The van der Waals surface area contributed by atoms with E-state index in [4.69, 9.17) is 19.9 Å². The maximum absolute atomic E-state index is 12.4. The minimum Gasteiger partial charge on any atom is -0.493 e. The van der Waals surface area contributed by atoms with Gasteiger partial charge in [0.25, 0.3) is 0 Å². The summed E-state index contributed by atoms with van der Waals surface area (Å²) in [7, 11) is 4.59. The summed E-state index contributed by atoms with van der Waals surface area (Å²) in [6, 6.07) is 16.2. The Morgan fingerprint density at radius 1 is 0.879 bits per heavy atom. The van der Waals surface area contributed by atoms with Gasteiger partial charge in [0.15, 0.2) is 11.5 Å². The van der Waals surface area contributed by atoms with E-state index in [0.29, 0.717) is 34.1 Å². The number of aryl methyl sites for hydroxylation is 1. The number of hydrogen-bond donors (Lipinski definition) is 2. The smallest absolute Gasteiger partial charge is 0.248 e. The van der Waals surface area contributed by atoms with Gasteiger partial charge < -0.3 is 25.3 Å². The zero-order valence-corrected chi connectivity index (χ0v) is 19.0. The minimum atomic E-state index is -0.474. The molecule has 0 unspecified atom stereocenters. The van der Waals surface area contributed by atoms with Gasteiger partial charge in [-0.15, -0.1) is 0 Å². The fraction of sp³-hybridized carbons (Fsp3) is 0.154. The number of carbonyl (C=O) groups excluding carboxylic acids is 2. The standard InChI is InChI=1S/C26H26N2O5/c1-16-5-6-19(26(27)30)15-21(16)17-7-11-20(12-8-17)28-23(29)14-10-18-9-13-22(31-2)25(33-4)24(18)32-3/h5-15H,1-4H3,(H2,27,30)(H,28,29)/b14-10+. The Bertz CT molecular complexity index is 1200. The van der Waals surface area contributed by atoms with Crippen LogP contribution in [0.2, 0.25) is 0 Å². The third kappa shape index (κ3) is 5.33. The second-order valence-corrected chi connectivity index (χ2v) is 7.22. The van der Waals surface area contributed by atoms with E-state index in [1.54, 1.807) is 49.6 Å². The normalized spacial score (nSPS) is 10.7. The Labute approximate surface area is 192 Å². The Morgan fingerprint density at radius 2 is 1.58 bits per heavy atom. The molecule has 33 heavy (non-hydrogen) atoms. The minimum absolute atomic E-state index is 0.300. The Kier molecular flexibility index (Phi) is 7.35. The lowest BCUT2D eigenvalue weighted by atomic mass is 9.97. The lowest BCUT2D eigenvalue weighted by Crippen LogP contribution is -2.11. The highest BCUT2D eigenvalue weighted by molar-refractivity contribution is 6.02. The van der Waals surface area contributed by atoms with Crippen molar-refractivity contribution in [2.24, 2.45) is 5.73 Å². The van der Waals surface area contributed by atoms with Gasteiger partial charge in [0, 0.05) is 22.9 Å². The van der Waals surface area contributed by atoms with Crippen molar-refractivity contribution in [3.8, 4) is 28.4 Å². The van der Waals surface area contributed by atoms with Crippen LogP contribution in [0.15, 0.2) is 60.7 Å². The van der Waals surface area contributed by atoms with E-state index in [2.05, 4.69) is 5.32 Å². The van der Waals surface area contributed by atoms with Gasteiger partial charge in [-0.3, -0.25) is 9.59 Å². The first-order chi connectivity index (χ1) is 15.9. The average Bonchev–Trinajstić information content (AvgIpc) is 2.82. The molecule has 0 saturated carbocycles. The molecule has 0 spiro atoms. The van der Waals surface area contributed by atoms with Crippen LogP contribution in [0.1, 0.15) is 21.5 Å². The molecular weight excluding hydrogens is 420 g/mol. The number of rotatable bonds is 8. The van der Waals surface area contributed by atoms with E-state index in [1.165, 1.54) is 20.3 Å². The zero-order valence-electron chi connectivity index (χ0n) is 19.0. The predicted octanol–water partition coefficient (Wildman–Crippen LogP) is 4.44. The van der Waals surface area contributed by atoms with Crippen LogP contribution in [0.25, 0.3) is 17.2 Å². The number of benzene rings is 3. The molecule has 3 rings (SSSR count). The molecule has 0 aromatic heterocycles. The Balaban J connectivity index is 1.75. The molecule has 170 valence electrons. The third-order valence-electron chi connectivity index (χ3n) is 5.13. The van der Waals surface area contributed by atoms with Crippen LogP contribution in [0.5, 0.6) is 17.2 Å². The first-order valence-electron chi connectivity index (χ1n) is 10.2. The van der Waals surface area contributed by atoms with Gasteiger partial charge in [-0.25, -0.2) is 0 Å². The highest BCUT2D eigenvalue weighted by Crippen LogP contribution is 2.40. The first kappa shape index (κ1) is 23.4. The maximum atomic E-state index is 12.4. The fourth-order valence-corrected chi connectivity index (χ4v) is 3.42. The van der Waals surface area contributed by atoms with E-state index < -0.39 is 5.91 Å². The summed E-state index contributed by atoms with van der Waals surface area (Å²) in [5.74, 6) is 0.685. The van der Waals surface area contributed by atoms with Crippen molar-refractivity contribution in [2.75, 3.05) is 26.6 Å². The van der Waals surface area contributed by atoms with E-state index in [-0.39, 0.29) is 5.91 Å². The zero-order chi connectivity index (χ0) is 24.0. The maximum Gasteiger partial charge on any atom is 0.248 e. The molecule has 3 N–H and O–H groups in total. The number of carbonyl (C=O) groups is 2. The molecule has 3 aromatic carbocycles. The third-order valence-corrected chi connectivity index (χ3v) is 5.13. The van der Waals surface area contributed by atoms with Crippen LogP contribution in [0.3, 0.4) is 0 Å². The van der Waals surface area contributed by atoms with Crippen molar-refractivity contribution in [2.45, 2.75) is 6.92 Å². The van der Waals surface area contributed by atoms with E-state index in [0.717, 1.165) is 16.7 Å². The van der Waals surface area contributed by atoms with Crippen LogP contribution in [-0.2, 0) is 4.79 Å². The molecule has 7 nitrogen and oxygen atoms in total. The summed E-state index contributed by atoms with van der Waals surface area (Å²) >= 11 is 0. The second-order valence-electron chi connectivity index (χ2n) is 7.22. The molecule has 3 aromatic rings. The van der Waals surface area contributed by atoms with Crippen LogP contribution >= 0.6 is 0 Å². The SMILES string of the molecule is COc1ccc(/C=C/C(=O)Nc2ccc(-c3cc(C(N)=O)ccc3C)cc2)c(OC)c1OC. The summed E-state index contributed by atoms with van der Waals surface area (Å²) in [4.78, 5) is 23.9. The number of primary amides is 1. The highest BCUT2D eigenvalue weighted by atomic mass is 16.5. The van der Waals surface area contributed by atoms with Crippen molar-refractivity contribution in [1.29, 1.82) is 0 Å². The van der Waals surface area contributed by atoms with Crippen molar-refractivity contribution in [3.05, 3.63) is 77.4 Å². The molecule has 0 atom stereocenters. The number of ether oxygens (including phenoxy) is 3. The van der Waals surface area contributed by atoms with Gasteiger partial charge in [-0.1, -0.05) is 18.2 Å². The molecule has 0 aliphatic heterocycles. The predicted molar refractivity (Wildman–Crippen MR) is 129 cm³/mol. The molecule has 0 radical (unpaired) electrons. The van der Waals surface area contributed by atoms with Gasteiger partial charge in [0.1, 0.15) is 0 Å². The molecule has 0 fully saturated rings. The van der Waals surface area contributed by atoms with Crippen molar-refractivity contribution in [1.82, 2.24) is 0 Å². The van der Waals surface area contributed by atoms with Gasteiger partial charge in [0.2, 0.25) is 17.6 Å². The average molecular weight is 447 g/mol. The summed E-state index contributed by atoms with van der Waals surface area (Å²) in [6.45, 7) is 1.96. The molecule has 0 saturated heterocycles. The van der Waals surface area contributed by atoms with Crippen molar-refractivity contribution >= 4 is 23.6 Å². The number of anilines is 1. The molecule has 0 aliphatic rings. The Hall–Kier alpha value is -4.26. The fourth-order valence-electron chi connectivity index (χ4n) is 3.42. The highest BCUT2D eigenvalue weighted by Gasteiger charge is 2.14. The molecule has 7 heteroatoms. The van der Waals surface area contributed by atoms with E-state index >= 15 is 0 Å². The largest absolute Gasteiger partial charge is 0.493 e. The number of amides is 2. The lowest BCUT2D eigenvalue weighted by molar-refractivity contribution is -0.111. The Morgan fingerprint density at radius 3 is 2.18 bits per heavy atom. The van der Waals surface area contributed by atoms with Crippen molar-refractivity contribution in [3.63, 3.8) is 0 Å².